The quantitative estimate of drug-likeness (QED) is 0.448. The topological polar surface area (TPSA) is 158 Å². The SMILES string of the molecule is CN(Cc1cc(O)c2c(c1Cl)C[C@H]1C[C@H]3[C@H](N(C)C)C(=O)C(C(N)=O)C(=O)[C@@]3(O)C(=O)C1C2=O)C1CC1. The van der Waals surface area contributed by atoms with Gasteiger partial charge in [-0.3, -0.25) is 33.8 Å². The summed E-state index contributed by atoms with van der Waals surface area (Å²) >= 11 is 6.75. The summed E-state index contributed by atoms with van der Waals surface area (Å²) in [5, 5.41) is 22.8. The van der Waals surface area contributed by atoms with Crippen LogP contribution < -0.4 is 5.73 Å². The minimum Gasteiger partial charge on any atom is -0.507 e. The van der Waals surface area contributed by atoms with Gasteiger partial charge in [0.15, 0.2) is 34.7 Å². The number of halogens is 1. The van der Waals surface area contributed by atoms with E-state index in [-0.39, 0.29) is 24.2 Å². The molecule has 198 valence electrons. The first-order valence-electron chi connectivity index (χ1n) is 12.4. The number of carbonyl (C=O) groups excluding carboxylic acids is 5. The van der Waals surface area contributed by atoms with E-state index in [1.54, 1.807) is 14.1 Å². The largest absolute Gasteiger partial charge is 0.507 e. The van der Waals surface area contributed by atoms with Crippen molar-refractivity contribution in [2.45, 2.75) is 49.9 Å². The highest BCUT2D eigenvalue weighted by atomic mass is 35.5. The van der Waals surface area contributed by atoms with Gasteiger partial charge in [-0.05, 0) is 69.9 Å². The number of rotatable bonds is 5. The van der Waals surface area contributed by atoms with E-state index in [4.69, 9.17) is 17.3 Å². The summed E-state index contributed by atoms with van der Waals surface area (Å²) in [6.07, 6.45) is 2.31. The fourth-order valence-electron chi connectivity index (χ4n) is 6.74. The monoisotopic (exact) mass is 531 g/mol. The number of carbonyl (C=O) groups is 5. The molecule has 6 atom stereocenters. The van der Waals surface area contributed by atoms with Crippen LogP contribution in [0.15, 0.2) is 6.07 Å². The van der Waals surface area contributed by atoms with Gasteiger partial charge >= 0.3 is 0 Å². The number of aliphatic hydroxyl groups is 1. The molecule has 4 aliphatic carbocycles. The van der Waals surface area contributed by atoms with Crippen molar-refractivity contribution in [3.8, 4) is 5.75 Å². The molecule has 0 saturated heterocycles. The molecule has 0 heterocycles. The first-order valence-corrected chi connectivity index (χ1v) is 12.8. The Bertz CT molecular complexity index is 1260. The van der Waals surface area contributed by atoms with E-state index in [9.17, 15) is 34.2 Å². The fraction of sp³-hybridized carbons (Fsp3) is 0.577. The second-order valence-corrected chi connectivity index (χ2v) is 11.5. The van der Waals surface area contributed by atoms with Crippen LogP contribution in [0.5, 0.6) is 5.75 Å². The van der Waals surface area contributed by atoms with Crippen molar-refractivity contribution >= 4 is 40.6 Å². The van der Waals surface area contributed by atoms with E-state index in [1.165, 1.54) is 11.0 Å². The van der Waals surface area contributed by atoms with E-state index in [2.05, 4.69) is 4.90 Å². The smallest absolute Gasteiger partial charge is 0.235 e. The fourth-order valence-corrected chi connectivity index (χ4v) is 7.02. The van der Waals surface area contributed by atoms with Crippen molar-refractivity contribution in [2.24, 2.45) is 29.4 Å². The van der Waals surface area contributed by atoms with Crippen molar-refractivity contribution in [3.05, 3.63) is 27.8 Å². The molecule has 0 radical (unpaired) electrons. The maximum absolute atomic E-state index is 13.8. The Labute approximate surface area is 218 Å². The van der Waals surface area contributed by atoms with Crippen LogP contribution in [0, 0.1) is 23.7 Å². The Balaban J connectivity index is 1.58. The molecule has 1 aromatic rings. The molecule has 4 N–H and O–H groups in total. The third kappa shape index (κ3) is 3.68. The van der Waals surface area contributed by atoms with Crippen LogP contribution in [0.3, 0.4) is 0 Å². The van der Waals surface area contributed by atoms with Gasteiger partial charge in [-0.2, -0.15) is 0 Å². The Hall–Kier alpha value is -2.66. The zero-order chi connectivity index (χ0) is 27.1. The van der Waals surface area contributed by atoms with Crippen LogP contribution in [-0.2, 0) is 32.1 Å². The summed E-state index contributed by atoms with van der Waals surface area (Å²) in [5.41, 5.74) is 3.59. The Morgan fingerprint density at radius 2 is 1.81 bits per heavy atom. The molecular formula is C26H30ClN3O7. The van der Waals surface area contributed by atoms with Crippen LogP contribution in [-0.4, -0.2) is 87.9 Å². The maximum atomic E-state index is 13.8. The number of likely N-dealkylation sites (N-methyl/N-ethyl adjacent to an activating group) is 1. The van der Waals surface area contributed by atoms with Gasteiger partial charge in [0.25, 0.3) is 0 Å². The van der Waals surface area contributed by atoms with Crippen LogP contribution in [0.25, 0.3) is 0 Å². The average Bonchev–Trinajstić information content (AvgIpc) is 3.64. The molecule has 3 saturated carbocycles. The van der Waals surface area contributed by atoms with Gasteiger partial charge in [-0.15, -0.1) is 0 Å². The number of Topliss-reactive ketones (excluding diaryl/α,β-unsaturated/α-hetero) is 4. The van der Waals surface area contributed by atoms with Crippen molar-refractivity contribution < 1.29 is 34.2 Å². The average molecular weight is 532 g/mol. The lowest BCUT2D eigenvalue weighted by molar-refractivity contribution is -0.181. The van der Waals surface area contributed by atoms with Gasteiger partial charge in [-0.1, -0.05) is 11.6 Å². The number of hydrogen-bond acceptors (Lipinski definition) is 9. The van der Waals surface area contributed by atoms with E-state index < -0.39 is 64.4 Å². The number of hydrogen-bond donors (Lipinski definition) is 3. The number of nitrogens with two attached hydrogens (primary N) is 1. The molecule has 0 spiro atoms. The molecule has 10 nitrogen and oxygen atoms in total. The molecule has 37 heavy (non-hydrogen) atoms. The number of phenols is 1. The maximum Gasteiger partial charge on any atom is 0.235 e. The van der Waals surface area contributed by atoms with Gasteiger partial charge < -0.3 is 15.9 Å². The highest BCUT2D eigenvalue weighted by molar-refractivity contribution is 6.34. The number of ketones is 4. The normalized spacial score (nSPS) is 33.4. The van der Waals surface area contributed by atoms with Crippen LogP contribution in [0.1, 0.15) is 40.7 Å². The number of benzene rings is 1. The van der Waals surface area contributed by atoms with Gasteiger partial charge in [0.2, 0.25) is 5.91 Å². The predicted molar refractivity (Wildman–Crippen MR) is 131 cm³/mol. The molecule has 4 aliphatic rings. The molecule has 5 rings (SSSR count). The van der Waals surface area contributed by atoms with Crippen LogP contribution >= 0.6 is 11.6 Å². The van der Waals surface area contributed by atoms with Crippen molar-refractivity contribution in [3.63, 3.8) is 0 Å². The molecule has 0 bridgehead atoms. The van der Waals surface area contributed by atoms with Crippen molar-refractivity contribution in [2.75, 3.05) is 21.1 Å². The van der Waals surface area contributed by atoms with Crippen LogP contribution in [0.4, 0.5) is 0 Å². The zero-order valence-corrected chi connectivity index (χ0v) is 21.6. The Morgan fingerprint density at radius 3 is 2.38 bits per heavy atom. The predicted octanol–water partition coefficient (Wildman–Crippen LogP) is 0.115. The summed E-state index contributed by atoms with van der Waals surface area (Å²) in [6.45, 7) is 0.480. The van der Waals surface area contributed by atoms with Crippen molar-refractivity contribution in [1.29, 1.82) is 0 Å². The second kappa shape index (κ2) is 8.69. The van der Waals surface area contributed by atoms with Gasteiger partial charge in [0, 0.05) is 23.5 Å². The summed E-state index contributed by atoms with van der Waals surface area (Å²) in [6, 6.07) is 0.741. The standard InChI is InChI=1S/C26H30ClN3O7/c1-29(2)20-14-7-10-6-13-17(15(31)8-11(19(13)27)9-30(3)12-4-5-12)21(32)16(10)23(34)26(14,37)24(35)18(22(20)33)25(28)36/h8,10,12,14,16,18,20,31,37H,4-7,9H2,1-3H3,(H2,28,36)/t10-,14-,16?,18?,20-,26-/m0/s1. The summed E-state index contributed by atoms with van der Waals surface area (Å²) in [5.74, 6) is -10.6. The lowest BCUT2D eigenvalue weighted by atomic mass is 9.52. The number of aromatic hydroxyl groups is 1. The molecular weight excluding hydrogens is 502 g/mol. The summed E-state index contributed by atoms with van der Waals surface area (Å²) in [7, 11) is 5.06. The van der Waals surface area contributed by atoms with Gasteiger partial charge in [-0.25, -0.2) is 0 Å². The minimum absolute atomic E-state index is 0.00676. The van der Waals surface area contributed by atoms with Gasteiger partial charge in [0.1, 0.15) is 5.75 Å². The van der Waals surface area contributed by atoms with E-state index in [0.717, 1.165) is 12.8 Å². The van der Waals surface area contributed by atoms with E-state index in [1.807, 2.05) is 7.05 Å². The second-order valence-electron chi connectivity index (χ2n) is 11.2. The zero-order valence-electron chi connectivity index (χ0n) is 20.9. The first-order chi connectivity index (χ1) is 17.3. The highest BCUT2D eigenvalue weighted by Crippen LogP contribution is 2.52. The van der Waals surface area contributed by atoms with E-state index in [0.29, 0.717) is 28.7 Å². The third-order valence-corrected chi connectivity index (χ3v) is 9.13. The minimum atomic E-state index is -2.73. The van der Waals surface area contributed by atoms with E-state index >= 15 is 0 Å². The van der Waals surface area contributed by atoms with Crippen molar-refractivity contribution in [1.82, 2.24) is 9.80 Å². The van der Waals surface area contributed by atoms with Crippen LogP contribution in [0.2, 0.25) is 5.02 Å². The molecule has 2 unspecified atom stereocenters. The molecule has 1 amide bonds. The number of fused-ring (bicyclic) bond motifs is 3. The molecule has 3 fully saturated rings. The Morgan fingerprint density at radius 1 is 1.16 bits per heavy atom. The molecule has 11 heteroatoms. The number of amides is 1. The molecule has 1 aromatic carbocycles. The summed E-state index contributed by atoms with van der Waals surface area (Å²) < 4.78 is 0. The molecule has 0 aliphatic heterocycles. The lowest BCUT2D eigenvalue weighted by Gasteiger charge is -2.52. The Kier molecular flexibility index (Phi) is 6.10. The third-order valence-electron chi connectivity index (χ3n) is 8.66. The number of primary amides is 1. The highest BCUT2D eigenvalue weighted by Gasteiger charge is 2.69. The number of nitrogens with zero attached hydrogens (tertiary/aromatic N) is 2. The first kappa shape index (κ1) is 26.0. The summed E-state index contributed by atoms with van der Waals surface area (Å²) in [4.78, 5) is 69.5. The molecule has 0 aromatic heterocycles. The lowest BCUT2D eigenvalue weighted by Crippen LogP contribution is -2.74. The van der Waals surface area contributed by atoms with Gasteiger partial charge in [0.05, 0.1) is 17.5 Å². The number of phenolic OH excluding ortho intramolecular Hbond substituents is 1.